The Labute approximate surface area is 82.7 Å². The quantitative estimate of drug-likeness (QED) is 0.638. The van der Waals surface area contributed by atoms with Crippen LogP contribution in [0.15, 0.2) is 0 Å². The van der Waals surface area contributed by atoms with E-state index >= 15 is 0 Å². The molecule has 12 heavy (non-hydrogen) atoms. The maximum Gasteiger partial charge on any atom is 0.0668 e. The summed E-state index contributed by atoms with van der Waals surface area (Å²) in [5.41, 5.74) is 0. The van der Waals surface area contributed by atoms with Gasteiger partial charge in [-0.25, -0.2) is 0 Å². The van der Waals surface area contributed by atoms with E-state index in [0.717, 1.165) is 18.3 Å². The Balaban J connectivity index is 2.03. The van der Waals surface area contributed by atoms with Crippen LogP contribution in [-0.4, -0.2) is 16.0 Å². The first kappa shape index (κ1) is 9.01. The number of fused-ring (bicyclic) bond motifs is 1. The lowest BCUT2D eigenvalue weighted by Crippen LogP contribution is -2.40. The normalized spacial score (nSPS) is 48.5. The van der Waals surface area contributed by atoms with Crippen molar-refractivity contribution in [3.8, 4) is 0 Å². The van der Waals surface area contributed by atoms with E-state index in [1.165, 1.54) is 32.1 Å². The monoisotopic (exact) mass is 232 g/mol. The summed E-state index contributed by atoms with van der Waals surface area (Å²) in [6.07, 6.45) is 7.71. The molecule has 70 valence electrons. The van der Waals surface area contributed by atoms with Gasteiger partial charge in [-0.3, -0.25) is 0 Å². The Morgan fingerprint density at radius 3 is 2.58 bits per heavy atom. The van der Waals surface area contributed by atoms with Crippen molar-refractivity contribution in [2.45, 2.75) is 49.5 Å². The van der Waals surface area contributed by atoms with E-state index in [-0.39, 0.29) is 6.10 Å². The summed E-state index contributed by atoms with van der Waals surface area (Å²) in [6, 6.07) is 0. The second-order valence-electron chi connectivity index (χ2n) is 4.30. The maximum absolute atomic E-state index is 9.67. The molecule has 0 bridgehead atoms. The van der Waals surface area contributed by atoms with Crippen LogP contribution in [0.2, 0.25) is 0 Å². The van der Waals surface area contributed by atoms with Crippen LogP contribution in [0.1, 0.15) is 38.5 Å². The molecular weight excluding hydrogens is 216 g/mol. The lowest BCUT2D eigenvalue weighted by atomic mass is 9.70. The van der Waals surface area contributed by atoms with Crippen molar-refractivity contribution in [1.29, 1.82) is 0 Å². The van der Waals surface area contributed by atoms with Gasteiger partial charge < -0.3 is 5.11 Å². The van der Waals surface area contributed by atoms with Crippen LogP contribution in [0.5, 0.6) is 0 Å². The highest BCUT2D eigenvalue weighted by Gasteiger charge is 2.37. The molecule has 0 heterocycles. The van der Waals surface area contributed by atoms with Gasteiger partial charge in [0.05, 0.1) is 6.10 Å². The number of aliphatic hydroxyl groups is 1. The largest absolute Gasteiger partial charge is 0.392 e. The van der Waals surface area contributed by atoms with Gasteiger partial charge in [0.1, 0.15) is 0 Å². The van der Waals surface area contributed by atoms with Gasteiger partial charge >= 0.3 is 0 Å². The molecule has 2 rings (SSSR count). The minimum atomic E-state index is -0.0793. The Morgan fingerprint density at radius 2 is 1.75 bits per heavy atom. The molecule has 4 atom stereocenters. The molecule has 0 radical (unpaired) electrons. The van der Waals surface area contributed by atoms with Gasteiger partial charge in [0, 0.05) is 4.83 Å². The van der Waals surface area contributed by atoms with Crippen molar-refractivity contribution in [3.63, 3.8) is 0 Å². The highest BCUT2D eigenvalue weighted by atomic mass is 79.9. The van der Waals surface area contributed by atoms with Gasteiger partial charge in [0.2, 0.25) is 0 Å². The second kappa shape index (κ2) is 3.67. The number of hydrogen-bond donors (Lipinski definition) is 1. The fourth-order valence-corrected chi connectivity index (χ4v) is 3.80. The van der Waals surface area contributed by atoms with Gasteiger partial charge in [-0.15, -0.1) is 0 Å². The van der Waals surface area contributed by atoms with Gasteiger partial charge in [-0.2, -0.15) is 0 Å². The third-order valence-electron chi connectivity index (χ3n) is 3.58. The molecular formula is C10H17BrO. The van der Waals surface area contributed by atoms with Crippen molar-refractivity contribution in [2.24, 2.45) is 11.8 Å². The number of aliphatic hydroxyl groups excluding tert-OH is 1. The van der Waals surface area contributed by atoms with Crippen molar-refractivity contribution in [3.05, 3.63) is 0 Å². The fourth-order valence-electron chi connectivity index (χ4n) is 2.84. The molecule has 2 heteroatoms. The Kier molecular flexibility index (Phi) is 2.75. The lowest BCUT2D eigenvalue weighted by Gasteiger charge is -2.41. The van der Waals surface area contributed by atoms with E-state index in [1.807, 2.05) is 0 Å². The summed E-state index contributed by atoms with van der Waals surface area (Å²) in [6.45, 7) is 0. The number of rotatable bonds is 0. The number of hydrogen-bond acceptors (Lipinski definition) is 1. The van der Waals surface area contributed by atoms with Gasteiger partial charge in [-0.1, -0.05) is 35.2 Å². The van der Waals surface area contributed by atoms with Crippen LogP contribution in [0.3, 0.4) is 0 Å². The smallest absolute Gasteiger partial charge is 0.0668 e. The Morgan fingerprint density at radius 1 is 1.00 bits per heavy atom. The predicted octanol–water partition coefficient (Wildman–Crippen LogP) is 2.71. The molecule has 2 fully saturated rings. The summed E-state index contributed by atoms with van der Waals surface area (Å²) in [5.74, 6) is 1.68. The van der Waals surface area contributed by atoms with Crippen molar-refractivity contribution >= 4 is 15.9 Å². The molecule has 2 aliphatic rings. The van der Waals surface area contributed by atoms with Crippen LogP contribution in [0, 0.1) is 11.8 Å². The van der Waals surface area contributed by atoms with Crippen LogP contribution >= 0.6 is 15.9 Å². The molecule has 0 aromatic carbocycles. The van der Waals surface area contributed by atoms with Crippen molar-refractivity contribution in [1.82, 2.24) is 0 Å². The molecule has 0 amide bonds. The average Bonchev–Trinajstić information content (AvgIpc) is 2.12. The van der Waals surface area contributed by atoms with Gasteiger partial charge in [0.15, 0.2) is 0 Å². The first-order chi connectivity index (χ1) is 5.79. The Hall–Kier alpha value is 0.440. The van der Waals surface area contributed by atoms with Crippen LogP contribution in [-0.2, 0) is 0 Å². The molecule has 0 saturated heterocycles. The van der Waals surface area contributed by atoms with E-state index in [9.17, 15) is 5.11 Å². The zero-order valence-electron chi connectivity index (χ0n) is 7.38. The summed E-state index contributed by atoms with van der Waals surface area (Å²) < 4.78 is 0. The molecule has 2 saturated carbocycles. The summed E-state index contributed by atoms with van der Waals surface area (Å²) >= 11 is 3.65. The lowest BCUT2D eigenvalue weighted by molar-refractivity contribution is 0.0595. The SMILES string of the molecule is OC1CCC2CCCCC2C1Br. The zero-order chi connectivity index (χ0) is 8.55. The van der Waals surface area contributed by atoms with Crippen molar-refractivity contribution in [2.75, 3.05) is 0 Å². The molecule has 1 nitrogen and oxygen atoms in total. The highest BCUT2D eigenvalue weighted by Crippen LogP contribution is 2.43. The molecule has 2 aliphatic carbocycles. The maximum atomic E-state index is 9.67. The summed E-state index contributed by atoms with van der Waals surface area (Å²) in [4.78, 5) is 0.386. The molecule has 1 N–H and O–H groups in total. The standard InChI is InChI=1S/C10H17BrO/c11-10-8-4-2-1-3-7(8)5-6-9(10)12/h7-10,12H,1-6H2. The second-order valence-corrected chi connectivity index (χ2v) is 5.35. The average molecular weight is 233 g/mol. The summed E-state index contributed by atoms with van der Waals surface area (Å²) in [7, 11) is 0. The third-order valence-corrected chi connectivity index (χ3v) is 4.87. The fraction of sp³-hybridized carbons (Fsp3) is 1.00. The van der Waals surface area contributed by atoms with E-state index in [2.05, 4.69) is 15.9 Å². The molecule has 0 aromatic heterocycles. The zero-order valence-corrected chi connectivity index (χ0v) is 8.96. The topological polar surface area (TPSA) is 20.2 Å². The minimum absolute atomic E-state index is 0.0793. The van der Waals surface area contributed by atoms with Crippen LogP contribution in [0.25, 0.3) is 0 Å². The van der Waals surface area contributed by atoms with Crippen molar-refractivity contribution < 1.29 is 5.11 Å². The minimum Gasteiger partial charge on any atom is -0.392 e. The Bertz CT molecular complexity index is 158. The first-order valence-corrected chi connectivity index (χ1v) is 6.03. The molecule has 4 unspecified atom stereocenters. The van der Waals surface area contributed by atoms with Gasteiger partial charge in [0.25, 0.3) is 0 Å². The highest BCUT2D eigenvalue weighted by molar-refractivity contribution is 9.09. The predicted molar refractivity (Wildman–Crippen MR) is 53.4 cm³/mol. The molecule has 0 spiro atoms. The van der Waals surface area contributed by atoms with Gasteiger partial charge in [-0.05, 0) is 31.1 Å². The molecule has 0 aliphatic heterocycles. The van der Waals surface area contributed by atoms with E-state index < -0.39 is 0 Å². The summed E-state index contributed by atoms with van der Waals surface area (Å²) in [5, 5.41) is 9.67. The van der Waals surface area contributed by atoms with E-state index in [4.69, 9.17) is 0 Å². The van der Waals surface area contributed by atoms with Crippen LogP contribution < -0.4 is 0 Å². The van der Waals surface area contributed by atoms with E-state index in [0.29, 0.717) is 4.83 Å². The molecule has 0 aromatic rings. The third kappa shape index (κ3) is 1.56. The van der Waals surface area contributed by atoms with Crippen LogP contribution in [0.4, 0.5) is 0 Å². The first-order valence-electron chi connectivity index (χ1n) is 5.11. The number of alkyl halides is 1. The van der Waals surface area contributed by atoms with E-state index in [1.54, 1.807) is 0 Å². The number of halogens is 1.